The van der Waals surface area contributed by atoms with Crippen LogP contribution in [-0.2, 0) is 10.8 Å². The van der Waals surface area contributed by atoms with Crippen molar-refractivity contribution in [3.63, 3.8) is 0 Å². The molecule has 8 heteroatoms. The monoisotopic (exact) mass is 536 g/mol. The fraction of sp³-hybridized carbons (Fsp3) is 0.667. The normalized spacial score (nSPS) is 17.3. The third kappa shape index (κ3) is 8.41. The maximum atomic E-state index is 12.2. The minimum atomic E-state index is -0.871. The Hall–Kier alpha value is -0.870. The summed E-state index contributed by atoms with van der Waals surface area (Å²) >= 11 is 0. The number of methoxy groups -OCH3 is 1. The smallest absolute Gasteiger partial charge is 0.191 e. The highest BCUT2D eigenvalue weighted by atomic mass is 127. The predicted molar refractivity (Wildman–Crippen MR) is 134 cm³/mol. The van der Waals surface area contributed by atoms with Crippen LogP contribution in [0.4, 0.5) is 0 Å². The van der Waals surface area contributed by atoms with Crippen LogP contribution in [0.1, 0.15) is 45.2 Å². The SMILES string of the molecule is CN=C(NCCS(=O)C(C)(C)C)NCC(c1cccc(OC)c1)N1CCCC1.I. The molecule has 166 valence electrons. The minimum Gasteiger partial charge on any atom is -0.497 e. The lowest BCUT2D eigenvalue weighted by Crippen LogP contribution is -2.44. The van der Waals surface area contributed by atoms with Crippen LogP contribution < -0.4 is 15.4 Å². The van der Waals surface area contributed by atoms with Crippen molar-refractivity contribution in [2.45, 2.75) is 44.4 Å². The molecule has 2 N–H and O–H groups in total. The number of rotatable bonds is 8. The number of likely N-dealkylation sites (tertiary alicyclic amines) is 1. The first-order valence-electron chi connectivity index (χ1n) is 10.1. The zero-order valence-corrected chi connectivity index (χ0v) is 21.5. The lowest BCUT2D eigenvalue weighted by atomic mass is 10.1. The first-order valence-corrected chi connectivity index (χ1v) is 11.4. The van der Waals surface area contributed by atoms with Gasteiger partial charge in [0.2, 0.25) is 0 Å². The Kier molecular flexibility index (Phi) is 11.5. The van der Waals surface area contributed by atoms with E-state index in [4.69, 9.17) is 4.74 Å². The van der Waals surface area contributed by atoms with Gasteiger partial charge in [-0.3, -0.25) is 14.1 Å². The molecule has 6 nitrogen and oxygen atoms in total. The minimum absolute atomic E-state index is 0. The van der Waals surface area contributed by atoms with Gasteiger partial charge in [-0.15, -0.1) is 24.0 Å². The Labute approximate surface area is 195 Å². The Morgan fingerprint density at radius 1 is 1.28 bits per heavy atom. The van der Waals surface area contributed by atoms with Crippen LogP contribution in [-0.4, -0.2) is 65.9 Å². The number of nitrogens with one attached hydrogen (secondary N) is 2. The zero-order valence-electron chi connectivity index (χ0n) is 18.4. The Morgan fingerprint density at radius 3 is 2.55 bits per heavy atom. The Morgan fingerprint density at radius 2 is 1.97 bits per heavy atom. The van der Waals surface area contributed by atoms with E-state index in [1.807, 2.05) is 32.9 Å². The van der Waals surface area contributed by atoms with Crippen molar-refractivity contribution >= 4 is 40.7 Å². The number of nitrogens with zero attached hydrogens (tertiary/aromatic N) is 2. The van der Waals surface area contributed by atoms with Gasteiger partial charge in [0.1, 0.15) is 5.75 Å². The molecule has 1 fully saturated rings. The second kappa shape index (κ2) is 12.7. The van der Waals surface area contributed by atoms with Crippen LogP contribution >= 0.6 is 24.0 Å². The van der Waals surface area contributed by atoms with Crippen molar-refractivity contribution < 1.29 is 8.95 Å². The summed E-state index contributed by atoms with van der Waals surface area (Å²) in [4.78, 5) is 6.84. The third-order valence-electron chi connectivity index (χ3n) is 5.01. The van der Waals surface area contributed by atoms with Crippen molar-refractivity contribution in [2.75, 3.05) is 46.1 Å². The van der Waals surface area contributed by atoms with Crippen molar-refractivity contribution in [1.82, 2.24) is 15.5 Å². The number of benzene rings is 1. The summed E-state index contributed by atoms with van der Waals surface area (Å²) in [7, 11) is 2.60. The van der Waals surface area contributed by atoms with Gasteiger partial charge in [-0.05, 0) is 64.4 Å². The first-order chi connectivity index (χ1) is 13.3. The molecule has 2 rings (SSSR count). The molecule has 0 saturated carbocycles. The van der Waals surface area contributed by atoms with Crippen LogP contribution in [0, 0.1) is 0 Å². The van der Waals surface area contributed by atoms with Gasteiger partial charge < -0.3 is 15.4 Å². The quantitative estimate of drug-likeness (QED) is 0.304. The van der Waals surface area contributed by atoms with E-state index in [1.54, 1.807) is 14.2 Å². The molecule has 2 atom stereocenters. The molecule has 0 spiro atoms. The number of guanidine groups is 1. The van der Waals surface area contributed by atoms with Gasteiger partial charge in [0.15, 0.2) is 5.96 Å². The molecule has 1 saturated heterocycles. The predicted octanol–water partition coefficient (Wildman–Crippen LogP) is 3.16. The summed E-state index contributed by atoms with van der Waals surface area (Å²) in [5.41, 5.74) is 1.25. The Balaban J connectivity index is 0.00000420. The molecule has 1 aromatic rings. The van der Waals surface area contributed by atoms with E-state index < -0.39 is 10.8 Å². The van der Waals surface area contributed by atoms with Gasteiger partial charge in [0, 0.05) is 41.4 Å². The van der Waals surface area contributed by atoms with Gasteiger partial charge >= 0.3 is 0 Å². The largest absolute Gasteiger partial charge is 0.497 e. The average molecular weight is 537 g/mol. The molecule has 1 aliphatic rings. The van der Waals surface area contributed by atoms with Crippen molar-refractivity contribution in [3.05, 3.63) is 29.8 Å². The molecule has 0 amide bonds. The van der Waals surface area contributed by atoms with E-state index in [-0.39, 0.29) is 34.8 Å². The summed E-state index contributed by atoms with van der Waals surface area (Å²) in [6.45, 7) is 9.63. The van der Waals surface area contributed by atoms with E-state index in [0.29, 0.717) is 12.3 Å². The summed E-state index contributed by atoms with van der Waals surface area (Å²) in [6, 6.07) is 8.57. The van der Waals surface area contributed by atoms with Gasteiger partial charge in [0.05, 0.1) is 13.2 Å². The number of halogens is 1. The standard InChI is InChI=1S/C21H36N4O2S.HI/c1-21(2,3)28(26)14-11-23-20(22-4)24-16-19(25-12-6-7-13-25)17-9-8-10-18(15-17)27-5;/h8-10,15,19H,6-7,11-14,16H2,1-5H3,(H2,22,23,24);1H. The fourth-order valence-electron chi connectivity index (χ4n) is 3.34. The van der Waals surface area contributed by atoms with Crippen molar-refractivity contribution in [3.8, 4) is 5.75 Å². The van der Waals surface area contributed by atoms with Gasteiger partial charge in [-0.25, -0.2) is 0 Å². The molecule has 0 aromatic heterocycles. The van der Waals surface area contributed by atoms with E-state index in [2.05, 4.69) is 32.7 Å². The molecule has 1 aliphatic heterocycles. The van der Waals surface area contributed by atoms with E-state index in [1.165, 1.54) is 18.4 Å². The van der Waals surface area contributed by atoms with Gasteiger partial charge in [-0.1, -0.05) is 12.1 Å². The van der Waals surface area contributed by atoms with Crippen molar-refractivity contribution in [2.24, 2.45) is 4.99 Å². The molecule has 0 radical (unpaired) electrons. The van der Waals surface area contributed by atoms with Crippen LogP contribution in [0.15, 0.2) is 29.3 Å². The summed E-state index contributed by atoms with van der Waals surface area (Å²) < 4.78 is 17.4. The maximum absolute atomic E-state index is 12.2. The molecule has 1 aromatic carbocycles. The number of hydrogen-bond donors (Lipinski definition) is 2. The highest BCUT2D eigenvalue weighted by Gasteiger charge is 2.24. The summed E-state index contributed by atoms with van der Waals surface area (Å²) in [5, 5.41) is 6.75. The first kappa shape index (κ1) is 26.2. The highest BCUT2D eigenvalue weighted by Crippen LogP contribution is 2.27. The third-order valence-corrected chi connectivity index (χ3v) is 6.95. The highest BCUT2D eigenvalue weighted by molar-refractivity contribution is 14.0. The second-order valence-corrected chi connectivity index (χ2v) is 10.4. The number of ether oxygens (including phenoxy) is 1. The molecule has 1 heterocycles. The second-order valence-electron chi connectivity index (χ2n) is 8.08. The Bertz CT molecular complexity index is 673. The van der Waals surface area contributed by atoms with Crippen LogP contribution in [0.3, 0.4) is 0 Å². The van der Waals surface area contributed by atoms with Gasteiger partial charge in [-0.2, -0.15) is 0 Å². The van der Waals surface area contributed by atoms with E-state index in [0.717, 1.165) is 31.3 Å². The van der Waals surface area contributed by atoms with E-state index >= 15 is 0 Å². The van der Waals surface area contributed by atoms with E-state index in [9.17, 15) is 4.21 Å². The zero-order chi connectivity index (χ0) is 20.6. The fourth-order valence-corrected chi connectivity index (χ4v) is 4.24. The summed E-state index contributed by atoms with van der Waals surface area (Å²) in [6.07, 6.45) is 2.48. The lowest BCUT2D eigenvalue weighted by Gasteiger charge is -2.29. The maximum Gasteiger partial charge on any atom is 0.191 e. The topological polar surface area (TPSA) is 66.0 Å². The molecular weight excluding hydrogens is 499 g/mol. The number of aliphatic imine (C=N–C) groups is 1. The van der Waals surface area contributed by atoms with Crippen LogP contribution in [0.25, 0.3) is 0 Å². The molecular formula is C21H37IN4O2S. The lowest BCUT2D eigenvalue weighted by molar-refractivity contribution is 0.245. The molecule has 29 heavy (non-hydrogen) atoms. The van der Waals surface area contributed by atoms with Crippen molar-refractivity contribution in [1.29, 1.82) is 0 Å². The van der Waals surface area contributed by atoms with Gasteiger partial charge in [0.25, 0.3) is 0 Å². The van der Waals surface area contributed by atoms with Crippen LogP contribution in [0.2, 0.25) is 0 Å². The van der Waals surface area contributed by atoms with Crippen LogP contribution in [0.5, 0.6) is 5.75 Å². The molecule has 2 unspecified atom stereocenters. The molecule has 0 bridgehead atoms. The molecule has 0 aliphatic carbocycles. The summed E-state index contributed by atoms with van der Waals surface area (Å²) in [5.74, 6) is 2.24. The number of hydrogen-bond acceptors (Lipinski definition) is 4. The average Bonchev–Trinajstić information content (AvgIpc) is 3.20.